The summed E-state index contributed by atoms with van der Waals surface area (Å²) in [6.07, 6.45) is 0. The van der Waals surface area contributed by atoms with Gasteiger partial charge in [0.1, 0.15) is 23.0 Å². The molecule has 4 heteroatoms. The van der Waals surface area contributed by atoms with Crippen molar-refractivity contribution in [2.24, 2.45) is 0 Å². The SMILES string of the molecule is S=P12c3cc4ccccc4cc3Oc3cccc(c31)Oc1cc3ccccc3cc12. The van der Waals surface area contributed by atoms with E-state index in [1.807, 2.05) is 18.2 Å². The van der Waals surface area contributed by atoms with Crippen molar-refractivity contribution in [1.29, 1.82) is 0 Å². The van der Waals surface area contributed by atoms with Crippen LogP contribution < -0.4 is 25.4 Å². The van der Waals surface area contributed by atoms with E-state index >= 15 is 0 Å². The Morgan fingerprint density at radius 2 is 0.933 bits per heavy atom. The van der Waals surface area contributed by atoms with Crippen LogP contribution in [0.1, 0.15) is 0 Å². The van der Waals surface area contributed by atoms with Gasteiger partial charge in [-0.1, -0.05) is 66.4 Å². The van der Waals surface area contributed by atoms with Crippen LogP contribution in [0.2, 0.25) is 0 Å². The van der Waals surface area contributed by atoms with Crippen molar-refractivity contribution in [2.75, 3.05) is 0 Å². The van der Waals surface area contributed by atoms with Gasteiger partial charge in [-0.05, 0) is 57.9 Å². The van der Waals surface area contributed by atoms with E-state index in [1.54, 1.807) is 0 Å². The van der Waals surface area contributed by atoms with Crippen LogP contribution in [0.4, 0.5) is 0 Å². The van der Waals surface area contributed by atoms with Crippen LogP contribution >= 0.6 is 6.04 Å². The smallest absolute Gasteiger partial charge is 0.140 e. The molecule has 0 bridgehead atoms. The molecule has 142 valence electrons. The molecule has 2 aliphatic heterocycles. The first-order chi connectivity index (χ1) is 14.7. The van der Waals surface area contributed by atoms with Crippen molar-refractivity contribution in [3.8, 4) is 23.0 Å². The lowest BCUT2D eigenvalue weighted by atomic mass is 10.1. The molecule has 0 atom stereocenters. The van der Waals surface area contributed by atoms with Crippen LogP contribution in [0.25, 0.3) is 21.5 Å². The summed E-state index contributed by atoms with van der Waals surface area (Å²) in [4.78, 5) is 0. The number of benzene rings is 5. The molecule has 0 radical (unpaired) electrons. The molecule has 5 aromatic rings. The third kappa shape index (κ3) is 2.06. The zero-order valence-corrected chi connectivity index (χ0v) is 17.5. The molecule has 0 saturated heterocycles. The molecule has 0 aromatic heterocycles. The van der Waals surface area contributed by atoms with E-state index < -0.39 is 6.04 Å². The van der Waals surface area contributed by atoms with Crippen molar-refractivity contribution in [3.63, 3.8) is 0 Å². The Hall–Kier alpha value is -3.13. The minimum atomic E-state index is -2.34. The van der Waals surface area contributed by atoms with Crippen LogP contribution in [0.3, 0.4) is 0 Å². The molecule has 0 N–H and O–H groups in total. The Labute approximate surface area is 178 Å². The Morgan fingerprint density at radius 3 is 1.40 bits per heavy atom. The normalized spacial score (nSPS) is 14.9. The summed E-state index contributed by atoms with van der Waals surface area (Å²) in [6.45, 7) is 0. The fourth-order valence-corrected chi connectivity index (χ4v) is 9.14. The Kier molecular flexibility index (Phi) is 3.18. The zero-order chi connectivity index (χ0) is 19.9. The summed E-state index contributed by atoms with van der Waals surface area (Å²) >= 11 is 6.64. The lowest BCUT2D eigenvalue weighted by Gasteiger charge is -2.37. The van der Waals surface area contributed by atoms with Crippen LogP contribution in [0.5, 0.6) is 23.0 Å². The minimum absolute atomic E-state index is 0.817. The summed E-state index contributed by atoms with van der Waals surface area (Å²) in [5.74, 6) is 3.36. The van der Waals surface area contributed by atoms with Crippen molar-refractivity contribution in [1.82, 2.24) is 0 Å². The summed E-state index contributed by atoms with van der Waals surface area (Å²) in [5, 5.41) is 7.92. The average molecular weight is 422 g/mol. The fraction of sp³-hybridized carbons (Fsp3) is 0. The van der Waals surface area contributed by atoms with Crippen molar-refractivity contribution in [3.05, 3.63) is 91.0 Å². The second-order valence-electron chi connectivity index (χ2n) is 7.75. The molecule has 0 aliphatic carbocycles. The van der Waals surface area contributed by atoms with Gasteiger partial charge >= 0.3 is 0 Å². The third-order valence-corrected chi connectivity index (χ3v) is 10.9. The predicted octanol–water partition coefficient (Wildman–Crippen LogP) is 5.96. The number of fused-ring (bicyclic) bond motifs is 6. The third-order valence-electron chi connectivity index (χ3n) is 6.05. The van der Waals surface area contributed by atoms with E-state index in [-0.39, 0.29) is 0 Å². The van der Waals surface area contributed by atoms with E-state index in [4.69, 9.17) is 21.3 Å². The van der Waals surface area contributed by atoms with E-state index in [0.29, 0.717) is 0 Å². The highest BCUT2D eigenvalue weighted by Crippen LogP contribution is 2.59. The van der Waals surface area contributed by atoms with Crippen molar-refractivity contribution < 1.29 is 9.47 Å². The molecule has 2 heterocycles. The molecule has 7 rings (SSSR count). The molecule has 5 aromatic carbocycles. The van der Waals surface area contributed by atoms with Crippen LogP contribution in [0, 0.1) is 0 Å². The Morgan fingerprint density at radius 1 is 0.500 bits per heavy atom. The van der Waals surface area contributed by atoms with Gasteiger partial charge < -0.3 is 9.47 Å². The molecular weight excluding hydrogens is 407 g/mol. The van der Waals surface area contributed by atoms with Gasteiger partial charge in [-0.25, -0.2) is 0 Å². The molecular formula is C26H15O2PS. The largest absolute Gasteiger partial charge is 0.456 e. The van der Waals surface area contributed by atoms with Gasteiger partial charge in [0.25, 0.3) is 0 Å². The maximum Gasteiger partial charge on any atom is 0.140 e. The van der Waals surface area contributed by atoms with E-state index in [2.05, 4.69) is 72.8 Å². The first-order valence-electron chi connectivity index (χ1n) is 9.88. The highest BCUT2D eigenvalue weighted by Gasteiger charge is 2.42. The number of hydrogen-bond acceptors (Lipinski definition) is 3. The molecule has 30 heavy (non-hydrogen) atoms. The van der Waals surface area contributed by atoms with E-state index in [0.717, 1.165) is 49.7 Å². The van der Waals surface area contributed by atoms with Gasteiger partial charge in [-0.2, -0.15) is 0 Å². The monoisotopic (exact) mass is 422 g/mol. The molecule has 2 nitrogen and oxygen atoms in total. The first-order valence-corrected chi connectivity index (χ1v) is 12.7. The summed E-state index contributed by atoms with van der Waals surface area (Å²) in [6, 6.07) is 29.1. The first kappa shape index (κ1) is 16.6. The predicted molar refractivity (Wildman–Crippen MR) is 128 cm³/mol. The second kappa shape index (κ2) is 5.72. The number of hydrogen-bond donors (Lipinski definition) is 0. The summed E-state index contributed by atoms with van der Waals surface area (Å²) in [7, 11) is 0. The Balaban J connectivity index is 1.64. The quantitative estimate of drug-likeness (QED) is 0.281. The Bertz CT molecular complexity index is 1480. The molecule has 0 spiro atoms. The van der Waals surface area contributed by atoms with E-state index in [1.165, 1.54) is 10.8 Å². The van der Waals surface area contributed by atoms with Crippen LogP contribution in [-0.2, 0) is 11.8 Å². The maximum atomic E-state index is 6.64. The van der Waals surface area contributed by atoms with Gasteiger partial charge in [0.05, 0.1) is 11.3 Å². The molecule has 0 amide bonds. The highest BCUT2D eigenvalue weighted by atomic mass is 32.4. The second-order valence-corrected chi connectivity index (χ2v) is 12.0. The van der Waals surface area contributed by atoms with E-state index in [9.17, 15) is 0 Å². The lowest BCUT2D eigenvalue weighted by molar-refractivity contribution is 0.467. The van der Waals surface area contributed by atoms with Crippen LogP contribution in [0.15, 0.2) is 91.0 Å². The van der Waals surface area contributed by atoms with Gasteiger partial charge in [0.2, 0.25) is 0 Å². The fourth-order valence-electron chi connectivity index (χ4n) is 4.66. The zero-order valence-electron chi connectivity index (χ0n) is 15.8. The van der Waals surface area contributed by atoms with Crippen molar-refractivity contribution in [2.45, 2.75) is 0 Å². The highest BCUT2D eigenvalue weighted by molar-refractivity contribution is 8.26. The minimum Gasteiger partial charge on any atom is -0.456 e. The number of ether oxygens (including phenoxy) is 2. The van der Waals surface area contributed by atoms with Gasteiger partial charge in [-0.15, -0.1) is 0 Å². The van der Waals surface area contributed by atoms with Crippen LogP contribution in [-0.4, -0.2) is 0 Å². The molecule has 0 unspecified atom stereocenters. The standard InChI is InChI=1S/C26H15O2PS/c30-29-24-14-18-8-3-1-6-16(18)12-22(24)27-20-10-5-11-21(26(20)29)28-23-13-17-7-2-4-9-19(17)15-25(23)29/h1-15H. The molecule has 2 aliphatic rings. The summed E-state index contributed by atoms with van der Waals surface area (Å²) in [5.41, 5.74) is 0. The van der Waals surface area contributed by atoms with Gasteiger partial charge in [0, 0.05) is 10.6 Å². The molecule has 0 saturated carbocycles. The number of rotatable bonds is 0. The van der Waals surface area contributed by atoms with Gasteiger partial charge in [0.15, 0.2) is 0 Å². The maximum absolute atomic E-state index is 6.64. The summed E-state index contributed by atoms with van der Waals surface area (Å²) < 4.78 is 12.8. The lowest BCUT2D eigenvalue weighted by Crippen LogP contribution is -2.34. The molecule has 0 fully saturated rings. The average Bonchev–Trinajstić information content (AvgIpc) is 2.77. The topological polar surface area (TPSA) is 18.5 Å². The van der Waals surface area contributed by atoms with Gasteiger partial charge in [-0.3, -0.25) is 0 Å². The van der Waals surface area contributed by atoms with Crippen molar-refractivity contribution >= 4 is 55.3 Å².